The molecule has 0 heterocycles. The van der Waals surface area contributed by atoms with Crippen LogP contribution in [0.5, 0.6) is 0 Å². The summed E-state index contributed by atoms with van der Waals surface area (Å²) in [6, 6.07) is 9.64. The van der Waals surface area contributed by atoms with Gasteiger partial charge in [0.15, 0.2) is 0 Å². The summed E-state index contributed by atoms with van der Waals surface area (Å²) >= 11 is 0. The van der Waals surface area contributed by atoms with E-state index in [1.165, 1.54) is 6.08 Å². The zero-order valence-corrected chi connectivity index (χ0v) is 10.3. The summed E-state index contributed by atoms with van der Waals surface area (Å²) < 4.78 is 0. The molecule has 0 aliphatic carbocycles. The van der Waals surface area contributed by atoms with Crippen molar-refractivity contribution in [3.05, 3.63) is 42.0 Å². The minimum atomic E-state index is -0.282. The van der Waals surface area contributed by atoms with Crippen LogP contribution in [0.25, 0.3) is 6.08 Å². The minimum absolute atomic E-state index is 0.0513. The van der Waals surface area contributed by atoms with E-state index in [2.05, 4.69) is 5.32 Å². The van der Waals surface area contributed by atoms with E-state index in [1.807, 2.05) is 44.2 Å². The Bertz CT molecular complexity index is 382. The van der Waals surface area contributed by atoms with Crippen molar-refractivity contribution in [1.29, 1.82) is 0 Å². The van der Waals surface area contributed by atoms with Gasteiger partial charge in [0.1, 0.15) is 0 Å². The summed E-state index contributed by atoms with van der Waals surface area (Å²) in [6.07, 6.45) is 3.27. The molecule has 1 aromatic carbocycles. The third kappa shape index (κ3) is 5.31. The standard InChI is InChI=1S/C14H19NO2/c1-14(2,11-16)10-15-13(17)9-8-12-6-4-3-5-7-12/h3-9,16H,10-11H2,1-2H3,(H,15,17)/b9-8+. The van der Waals surface area contributed by atoms with Gasteiger partial charge in [-0.05, 0) is 11.6 Å². The predicted octanol–water partition coefficient (Wildman–Crippen LogP) is 1.83. The molecule has 0 spiro atoms. The molecule has 17 heavy (non-hydrogen) atoms. The van der Waals surface area contributed by atoms with E-state index in [0.717, 1.165) is 5.56 Å². The number of carbonyl (C=O) groups is 1. The van der Waals surface area contributed by atoms with Crippen LogP contribution in [0.2, 0.25) is 0 Å². The van der Waals surface area contributed by atoms with Gasteiger partial charge in [0.2, 0.25) is 5.91 Å². The smallest absolute Gasteiger partial charge is 0.244 e. The zero-order valence-electron chi connectivity index (χ0n) is 10.3. The number of rotatable bonds is 5. The van der Waals surface area contributed by atoms with E-state index in [1.54, 1.807) is 6.08 Å². The van der Waals surface area contributed by atoms with Crippen LogP contribution < -0.4 is 5.32 Å². The molecule has 0 bridgehead atoms. The predicted molar refractivity (Wildman–Crippen MR) is 69.4 cm³/mol. The molecule has 0 aliphatic rings. The maximum Gasteiger partial charge on any atom is 0.244 e. The van der Waals surface area contributed by atoms with Crippen molar-refractivity contribution >= 4 is 12.0 Å². The van der Waals surface area contributed by atoms with E-state index in [0.29, 0.717) is 6.54 Å². The number of aliphatic hydroxyl groups is 1. The van der Waals surface area contributed by atoms with Crippen LogP contribution in [0.3, 0.4) is 0 Å². The zero-order chi connectivity index (χ0) is 12.7. The molecular weight excluding hydrogens is 214 g/mol. The Morgan fingerprint density at radius 3 is 2.59 bits per heavy atom. The fraction of sp³-hybridized carbons (Fsp3) is 0.357. The van der Waals surface area contributed by atoms with Crippen molar-refractivity contribution in [2.45, 2.75) is 13.8 Å². The van der Waals surface area contributed by atoms with Crippen LogP contribution in [0.1, 0.15) is 19.4 Å². The van der Waals surface area contributed by atoms with Crippen molar-refractivity contribution in [3.63, 3.8) is 0 Å². The second-order valence-corrected chi connectivity index (χ2v) is 4.78. The van der Waals surface area contributed by atoms with Crippen LogP contribution in [0.4, 0.5) is 0 Å². The highest BCUT2D eigenvalue weighted by Crippen LogP contribution is 2.11. The van der Waals surface area contributed by atoms with Crippen molar-refractivity contribution in [2.24, 2.45) is 5.41 Å². The SMILES string of the molecule is CC(C)(CO)CNC(=O)/C=C/c1ccccc1. The number of aliphatic hydroxyl groups excluding tert-OH is 1. The van der Waals surface area contributed by atoms with Crippen molar-refractivity contribution in [1.82, 2.24) is 5.32 Å². The lowest BCUT2D eigenvalue weighted by atomic mass is 9.95. The summed E-state index contributed by atoms with van der Waals surface area (Å²) in [5, 5.41) is 11.8. The normalized spacial score (nSPS) is 11.7. The Kier molecular flexibility index (Phi) is 4.91. The van der Waals surface area contributed by atoms with Gasteiger partial charge in [0, 0.05) is 24.6 Å². The molecule has 0 unspecified atom stereocenters. The molecule has 92 valence electrons. The van der Waals surface area contributed by atoms with Gasteiger partial charge < -0.3 is 10.4 Å². The molecule has 0 saturated carbocycles. The molecule has 1 rings (SSSR count). The number of carbonyl (C=O) groups excluding carboxylic acids is 1. The Balaban J connectivity index is 2.43. The van der Waals surface area contributed by atoms with E-state index in [4.69, 9.17) is 5.11 Å². The lowest BCUT2D eigenvalue weighted by Crippen LogP contribution is -2.35. The number of benzene rings is 1. The summed E-state index contributed by atoms with van der Waals surface area (Å²) in [5.74, 6) is -0.143. The van der Waals surface area contributed by atoms with Gasteiger partial charge in [-0.25, -0.2) is 0 Å². The molecule has 0 fully saturated rings. The van der Waals surface area contributed by atoms with Gasteiger partial charge in [0.25, 0.3) is 0 Å². The molecule has 2 N–H and O–H groups in total. The Morgan fingerprint density at radius 2 is 2.00 bits per heavy atom. The highest BCUT2D eigenvalue weighted by molar-refractivity contribution is 5.91. The topological polar surface area (TPSA) is 49.3 Å². The molecule has 3 heteroatoms. The number of hydrogen-bond acceptors (Lipinski definition) is 2. The summed E-state index contributed by atoms with van der Waals surface area (Å²) in [7, 11) is 0. The largest absolute Gasteiger partial charge is 0.396 e. The highest BCUT2D eigenvalue weighted by atomic mass is 16.3. The first-order valence-corrected chi connectivity index (χ1v) is 5.65. The average Bonchev–Trinajstić information content (AvgIpc) is 2.35. The second-order valence-electron chi connectivity index (χ2n) is 4.78. The fourth-order valence-corrected chi connectivity index (χ4v) is 1.18. The first-order chi connectivity index (χ1) is 8.03. The van der Waals surface area contributed by atoms with Gasteiger partial charge in [-0.1, -0.05) is 44.2 Å². The quantitative estimate of drug-likeness (QED) is 0.762. The lowest BCUT2D eigenvalue weighted by molar-refractivity contribution is -0.116. The van der Waals surface area contributed by atoms with E-state index < -0.39 is 0 Å². The molecule has 0 aromatic heterocycles. The molecule has 0 saturated heterocycles. The molecular formula is C14H19NO2. The van der Waals surface area contributed by atoms with Gasteiger partial charge in [-0.3, -0.25) is 4.79 Å². The van der Waals surface area contributed by atoms with E-state index >= 15 is 0 Å². The van der Waals surface area contributed by atoms with Crippen LogP contribution in [-0.2, 0) is 4.79 Å². The molecule has 1 aromatic rings. The van der Waals surface area contributed by atoms with Crippen molar-refractivity contribution in [2.75, 3.05) is 13.2 Å². The van der Waals surface area contributed by atoms with Crippen LogP contribution in [0.15, 0.2) is 36.4 Å². The highest BCUT2D eigenvalue weighted by Gasteiger charge is 2.16. The second kappa shape index (κ2) is 6.21. The van der Waals surface area contributed by atoms with Crippen LogP contribution in [-0.4, -0.2) is 24.2 Å². The van der Waals surface area contributed by atoms with Crippen LogP contribution >= 0.6 is 0 Å². The molecule has 3 nitrogen and oxygen atoms in total. The maximum atomic E-state index is 11.5. The average molecular weight is 233 g/mol. The van der Waals surface area contributed by atoms with Gasteiger partial charge in [0.05, 0.1) is 0 Å². The summed E-state index contributed by atoms with van der Waals surface area (Å²) in [4.78, 5) is 11.5. The van der Waals surface area contributed by atoms with E-state index in [-0.39, 0.29) is 17.9 Å². The molecule has 0 atom stereocenters. The molecule has 0 aliphatic heterocycles. The van der Waals surface area contributed by atoms with Crippen LogP contribution in [0, 0.1) is 5.41 Å². The number of nitrogens with one attached hydrogen (secondary N) is 1. The lowest BCUT2D eigenvalue weighted by Gasteiger charge is -2.21. The Hall–Kier alpha value is -1.61. The maximum absolute atomic E-state index is 11.5. The summed E-state index contributed by atoms with van der Waals surface area (Å²) in [6.45, 7) is 4.31. The third-order valence-corrected chi connectivity index (χ3v) is 2.40. The summed E-state index contributed by atoms with van der Waals surface area (Å²) in [5.41, 5.74) is 0.708. The van der Waals surface area contributed by atoms with Crippen molar-refractivity contribution < 1.29 is 9.90 Å². The third-order valence-electron chi connectivity index (χ3n) is 2.40. The first-order valence-electron chi connectivity index (χ1n) is 5.65. The Labute approximate surface area is 102 Å². The minimum Gasteiger partial charge on any atom is -0.396 e. The Morgan fingerprint density at radius 1 is 1.35 bits per heavy atom. The number of amides is 1. The van der Waals surface area contributed by atoms with Gasteiger partial charge in [-0.15, -0.1) is 0 Å². The van der Waals surface area contributed by atoms with Gasteiger partial charge in [-0.2, -0.15) is 0 Å². The molecule has 0 radical (unpaired) electrons. The van der Waals surface area contributed by atoms with Gasteiger partial charge >= 0.3 is 0 Å². The molecule has 1 amide bonds. The first kappa shape index (κ1) is 13.5. The van der Waals surface area contributed by atoms with Crippen molar-refractivity contribution in [3.8, 4) is 0 Å². The monoisotopic (exact) mass is 233 g/mol. The fourth-order valence-electron chi connectivity index (χ4n) is 1.18. The number of hydrogen-bond donors (Lipinski definition) is 2. The van der Waals surface area contributed by atoms with E-state index in [9.17, 15) is 4.79 Å².